The minimum Gasteiger partial charge on any atom is -0.394 e. The lowest BCUT2D eigenvalue weighted by atomic mass is 10.0. The standard InChI is InChI=1S/C18H27O12P/c19-6-9(21)15-11(23)13(25)17(28-15)29-18-14(26)12(24)16(10(22)7-20)30-31(18,27)8-4-2-1-3-5-8/h1-5,9-26H,6-7H2/t9-,10+,11-,12+,13+,14-,15-,16+,17?,18+,31?/m0/s1. The minimum absolute atomic E-state index is 0.0565. The fourth-order valence-electron chi connectivity index (χ4n) is 3.62. The maximum Gasteiger partial charge on any atom is 0.263 e. The lowest BCUT2D eigenvalue weighted by Gasteiger charge is -2.44. The summed E-state index contributed by atoms with van der Waals surface area (Å²) < 4.78 is 30.2. The van der Waals surface area contributed by atoms with E-state index in [0.717, 1.165) is 0 Å². The van der Waals surface area contributed by atoms with Gasteiger partial charge in [0.25, 0.3) is 7.37 Å². The van der Waals surface area contributed by atoms with Crippen LogP contribution in [0, 0.1) is 0 Å². The Morgan fingerprint density at radius 2 is 1.42 bits per heavy atom. The average Bonchev–Trinajstić information content (AvgIpc) is 3.07. The van der Waals surface area contributed by atoms with Gasteiger partial charge in [-0.1, -0.05) is 18.2 Å². The van der Waals surface area contributed by atoms with E-state index in [1.165, 1.54) is 24.3 Å². The lowest BCUT2D eigenvalue weighted by Crippen LogP contribution is -2.57. The van der Waals surface area contributed by atoms with E-state index in [1.54, 1.807) is 6.07 Å². The summed E-state index contributed by atoms with van der Waals surface area (Å²) in [4.78, 5) is 0. The SMILES string of the molecule is O=P1(c2ccccc2)O[C@H]([C@H](O)CO)[C@H](O)[C@H](O)[C@@H]1OC1O[C@@H]([C@@H](O)CO)[C@@H](O)[C@H]1O. The van der Waals surface area contributed by atoms with Crippen molar-refractivity contribution in [1.29, 1.82) is 0 Å². The molecule has 3 rings (SSSR count). The molecule has 8 N–H and O–H groups in total. The van der Waals surface area contributed by atoms with Crippen LogP contribution in [-0.4, -0.2) is 115 Å². The highest BCUT2D eigenvalue weighted by atomic mass is 31.2. The molecule has 2 heterocycles. The number of aliphatic hydroxyl groups excluding tert-OH is 8. The summed E-state index contributed by atoms with van der Waals surface area (Å²) in [5, 5.41) is 79.4. The van der Waals surface area contributed by atoms with Gasteiger partial charge in [0.1, 0.15) is 48.8 Å². The second-order valence-electron chi connectivity index (χ2n) is 7.46. The zero-order valence-corrected chi connectivity index (χ0v) is 17.1. The third kappa shape index (κ3) is 4.58. The molecule has 0 radical (unpaired) electrons. The smallest absolute Gasteiger partial charge is 0.263 e. The van der Waals surface area contributed by atoms with Gasteiger partial charge in [0.15, 0.2) is 12.1 Å². The third-order valence-electron chi connectivity index (χ3n) is 5.37. The molecule has 13 heteroatoms. The van der Waals surface area contributed by atoms with Crippen LogP contribution in [0.5, 0.6) is 0 Å². The Morgan fingerprint density at radius 3 is 2.00 bits per heavy atom. The van der Waals surface area contributed by atoms with E-state index in [9.17, 15) is 40.3 Å². The summed E-state index contributed by atoms with van der Waals surface area (Å²) in [6, 6.07) is 7.50. The number of benzene rings is 1. The lowest BCUT2D eigenvalue weighted by molar-refractivity contribution is -0.224. The van der Waals surface area contributed by atoms with E-state index in [2.05, 4.69) is 0 Å². The highest BCUT2D eigenvalue weighted by Crippen LogP contribution is 2.58. The predicted octanol–water partition coefficient (Wildman–Crippen LogP) is -3.79. The Bertz CT molecular complexity index is 765. The number of hydrogen-bond acceptors (Lipinski definition) is 12. The number of rotatable bonds is 7. The summed E-state index contributed by atoms with van der Waals surface area (Å²) >= 11 is 0. The molecule has 0 aromatic heterocycles. The maximum absolute atomic E-state index is 13.9. The van der Waals surface area contributed by atoms with Crippen molar-refractivity contribution in [3.63, 3.8) is 0 Å². The number of aliphatic hydroxyl groups is 8. The maximum atomic E-state index is 13.9. The van der Waals surface area contributed by atoms with Crippen molar-refractivity contribution in [2.75, 3.05) is 13.2 Å². The molecule has 2 saturated heterocycles. The van der Waals surface area contributed by atoms with Crippen LogP contribution in [0.4, 0.5) is 0 Å². The van der Waals surface area contributed by atoms with Crippen LogP contribution in [0.25, 0.3) is 0 Å². The summed E-state index contributed by atoms with van der Waals surface area (Å²) in [6.07, 6.45) is -15.1. The summed E-state index contributed by atoms with van der Waals surface area (Å²) in [5.41, 5.74) is 0. The molecule has 31 heavy (non-hydrogen) atoms. The van der Waals surface area contributed by atoms with Gasteiger partial charge >= 0.3 is 0 Å². The van der Waals surface area contributed by atoms with Gasteiger partial charge in [0, 0.05) is 5.30 Å². The molecule has 176 valence electrons. The largest absolute Gasteiger partial charge is 0.394 e. The molecule has 11 atom stereocenters. The van der Waals surface area contributed by atoms with Crippen molar-refractivity contribution < 1.29 is 59.4 Å². The second kappa shape index (κ2) is 9.87. The van der Waals surface area contributed by atoms with E-state index < -0.39 is 81.5 Å². The fourth-order valence-corrected chi connectivity index (χ4v) is 6.23. The molecule has 0 saturated carbocycles. The molecule has 1 aromatic carbocycles. The van der Waals surface area contributed by atoms with Crippen LogP contribution in [0.2, 0.25) is 0 Å². The van der Waals surface area contributed by atoms with Crippen molar-refractivity contribution in [3.8, 4) is 0 Å². The number of ether oxygens (including phenoxy) is 2. The molecule has 0 amide bonds. The normalized spacial score (nSPS) is 43.0. The molecule has 2 aliphatic rings. The van der Waals surface area contributed by atoms with Crippen molar-refractivity contribution in [2.24, 2.45) is 0 Å². The molecule has 2 unspecified atom stereocenters. The van der Waals surface area contributed by atoms with Crippen LogP contribution in [0.3, 0.4) is 0 Å². The summed E-state index contributed by atoms with van der Waals surface area (Å²) in [7, 11) is -4.23. The monoisotopic (exact) mass is 466 g/mol. The van der Waals surface area contributed by atoms with E-state index >= 15 is 0 Å². The molecule has 12 nitrogen and oxygen atoms in total. The van der Waals surface area contributed by atoms with Crippen molar-refractivity contribution in [3.05, 3.63) is 30.3 Å². The predicted molar refractivity (Wildman–Crippen MR) is 102 cm³/mol. The Labute approximate surface area is 177 Å². The van der Waals surface area contributed by atoms with Gasteiger partial charge < -0.3 is 54.8 Å². The Kier molecular flexibility index (Phi) is 7.85. The quantitative estimate of drug-likeness (QED) is 0.182. The van der Waals surface area contributed by atoms with Crippen molar-refractivity contribution in [2.45, 2.75) is 61.0 Å². The van der Waals surface area contributed by atoms with Gasteiger partial charge in [-0.3, -0.25) is 4.57 Å². The van der Waals surface area contributed by atoms with E-state index in [0.29, 0.717) is 0 Å². The summed E-state index contributed by atoms with van der Waals surface area (Å²) in [6.45, 7) is -1.62. The fraction of sp³-hybridized carbons (Fsp3) is 0.667. The third-order valence-corrected chi connectivity index (χ3v) is 8.04. The van der Waals surface area contributed by atoms with Gasteiger partial charge in [0.05, 0.1) is 13.2 Å². The summed E-state index contributed by atoms with van der Waals surface area (Å²) in [5.74, 6) is -1.80. The number of hydrogen-bond donors (Lipinski definition) is 8. The molecule has 2 fully saturated rings. The molecular weight excluding hydrogens is 439 g/mol. The first-order valence-corrected chi connectivity index (χ1v) is 11.3. The Balaban J connectivity index is 1.94. The van der Waals surface area contributed by atoms with E-state index in [-0.39, 0.29) is 5.30 Å². The first-order chi connectivity index (χ1) is 14.7. The van der Waals surface area contributed by atoms with Crippen LogP contribution >= 0.6 is 7.37 Å². The second-order valence-corrected chi connectivity index (χ2v) is 9.89. The zero-order valence-electron chi connectivity index (χ0n) is 16.2. The zero-order chi connectivity index (χ0) is 22.9. The van der Waals surface area contributed by atoms with Crippen molar-refractivity contribution in [1.82, 2.24) is 0 Å². The molecule has 1 aromatic rings. The van der Waals surface area contributed by atoms with Gasteiger partial charge in [-0.05, 0) is 12.1 Å². The highest BCUT2D eigenvalue weighted by Gasteiger charge is 2.57. The highest BCUT2D eigenvalue weighted by molar-refractivity contribution is 7.67. The molecule has 0 spiro atoms. The Hall–Kier alpha value is -0.990. The molecule has 2 aliphatic heterocycles. The van der Waals surface area contributed by atoms with Crippen LogP contribution < -0.4 is 5.30 Å². The van der Waals surface area contributed by atoms with Gasteiger partial charge in [0.2, 0.25) is 0 Å². The van der Waals surface area contributed by atoms with Gasteiger partial charge in [-0.2, -0.15) is 0 Å². The van der Waals surface area contributed by atoms with E-state index in [4.69, 9.17) is 19.1 Å². The van der Waals surface area contributed by atoms with Crippen LogP contribution in [0.15, 0.2) is 30.3 Å². The average molecular weight is 466 g/mol. The first kappa shape index (κ1) is 24.6. The van der Waals surface area contributed by atoms with Crippen molar-refractivity contribution >= 4 is 12.7 Å². The van der Waals surface area contributed by atoms with Gasteiger partial charge in [-0.15, -0.1) is 0 Å². The molecule has 0 bridgehead atoms. The Morgan fingerprint density at radius 1 is 0.871 bits per heavy atom. The van der Waals surface area contributed by atoms with Crippen LogP contribution in [-0.2, 0) is 18.6 Å². The van der Waals surface area contributed by atoms with Crippen LogP contribution in [0.1, 0.15) is 0 Å². The van der Waals surface area contributed by atoms with Gasteiger partial charge in [-0.25, -0.2) is 0 Å². The molecular formula is C18H27O12P. The van der Waals surface area contributed by atoms with E-state index in [1.807, 2.05) is 0 Å². The topological polar surface area (TPSA) is 207 Å². The molecule has 0 aliphatic carbocycles. The first-order valence-electron chi connectivity index (χ1n) is 9.60. The minimum atomic E-state index is -4.23.